The lowest BCUT2D eigenvalue weighted by Gasteiger charge is -2.16. The Hall–Kier alpha value is -3.49. The second kappa shape index (κ2) is 6.01. The number of rotatable bonds is 1. The van der Waals surface area contributed by atoms with Crippen LogP contribution < -0.4 is 10.9 Å². The first-order valence-corrected chi connectivity index (χ1v) is 10.6. The molecule has 0 bridgehead atoms. The maximum atomic E-state index is 13.4. The molecular formula is C22H16N2O5S. The molecule has 2 aromatic heterocycles. The van der Waals surface area contributed by atoms with Crippen molar-refractivity contribution in [3.05, 3.63) is 80.1 Å². The van der Waals surface area contributed by atoms with Crippen LogP contribution in [-0.2, 0) is 10.3 Å². The Morgan fingerprint density at radius 1 is 0.900 bits per heavy atom. The predicted octanol–water partition coefficient (Wildman–Crippen LogP) is 3.42. The fourth-order valence-corrected chi connectivity index (χ4v) is 5.13. The van der Waals surface area contributed by atoms with Crippen LogP contribution in [0.2, 0.25) is 0 Å². The summed E-state index contributed by atoms with van der Waals surface area (Å²) in [5.74, 6) is 0. The molecular weight excluding hydrogens is 404 g/mol. The molecule has 0 aliphatic rings. The van der Waals surface area contributed by atoms with Crippen LogP contribution in [0.1, 0.15) is 11.1 Å². The van der Waals surface area contributed by atoms with E-state index in [-0.39, 0.29) is 38.0 Å². The van der Waals surface area contributed by atoms with Gasteiger partial charge in [0.2, 0.25) is 0 Å². The van der Waals surface area contributed by atoms with Gasteiger partial charge in [0.05, 0.1) is 21.9 Å². The lowest BCUT2D eigenvalue weighted by Crippen LogP contribution is -2.20. The fraction of sp³-hybridized carbons (Fsp3) is 0.0909. The number of aryl methyl sites for hydroxylation is 2. The van der Waals surface area contributed by atoms with Gasteiger partial charge >= 0.3 is 10.3 Å². The monoisotopic (exact) mass is 420 g/mol. The molecule has 30 heavy (non-hydrogen) atoms. The van der Waals surface area contributed by atoms with Gasteiger partial charge in [-0.1, -0.05) is 24.3 Å². The SMILES string of the molecule is Cc1c2[nH]c3ccccc3c(=O)c2cc2c1c(=O)c1cccc(C)c1n2S(=O)(=O)O. The van der Waals surface area contributed by atoms with Gasteiger partial charge in [-0.05, 0) is 49.2 Å². The molecule has 5 rings (SSSR count). The van der Waals surface area contributed by atoms with Crippen molar-refractivity contribution in [2.24, 2.45) is 0 Å². The number of H-pyrrole nitrogens is 1. The highest BCUT2D eigenvalue weighted by molar-refractivity contribution is 7.84. The maximum Gasteiger partial charge on any atom is 0.364 e. The number of para-hydroxylation sites is 2. The van der Waals surface area contributed by atoms with Crippen molar-refractivity contribution in [2.75, 3.05) is 0 Å². The van der Waals surface area contributed by atoms with Crippen LogP contribution in [0, 0.1) is 13.8 Å². The summed E-state index contributed by atoms with van der Waals surface area (Å²) in [4.78, 5) is 29.7. The van der Waals surface area contributed by atoms with E-state index in [0.29, 0.717) is 27.5 Å². The summed E-state index contributed by atoms with van der Waals surface area (Å²) in [6.45, 7) is 3.32. The lowest BCUT2D eigenvalue weighted by atomic mass is 9.99. The molecule has 0 aliphatic carbocycles. The third-order valence-electron chi connectivity index (χ3n) is 5.59. The van der Waals surface area contributed by atoms with Gasteiger partial charge in [-0.2, -0.15) is 8.42 Å². The number of aromatic nitrogens is 2. The molecule has 0 spiro atoms. The zero-order chi connectivity index (χ0) is 21.4. The van der Waals surface area contributed by atoms with E-state index < -0.39 is 10.3 Å². The molecule has 0 fully saturated rings. The minimum atomic E-state index is -4.77. The zero-order valence-corrected chi connectivity index (χ0v) is 16.9. The molecule has 0 saturated heterocycles. The Morgan fingerprint density at radius 2 is 1.60 bits per heavy atom. The molecule has 7 nitrogen and oxygen atoms in total. The maximum absolute atomic E-state index is 13.4. The molecule has 0 saturated carbocycles. The average Bonchev–Trinajstić information content (AvgIpc) is 2.69. The summed E-state index contributed by atoms with van der Waals surface area (Å²) in [5, 5.41) is 0.986. The highest BCUT2D eigenvalue weighted by Gasteiger charge is 2.23. The van der Waals surface area contributed by atoms with Crippen LogP contribution in [-0.4, -0.2) is 21.9 Å². The Morgan fingerprint density at radius 3 is 2.33 bits per heavy atom. The number of hydrogen-bond donors (Lipinski definition) is 2. The van der Waals surface area contributed by atoms with E-state index in [9.17, 15) is 22.6 Å². The van der Waals surface area contributed by atoms with E-state index in [1.165, 1.54) is 12.1 Å². The zero-order valence-electron chi connectivity index (χ0n) is 16.1. The third kappa shape index (κ3) is 2.38. The number of pyridine rings is 2. The Labute approximate surface area is 170 Å². The first-order valence-electron chi connectivity index (χ1n) is 9.20. The van der Waals surface area contributed by atoms with Crippen molar-refractivity contribution in [3.8, 4) is 0 Å². The van der Waals surface area contributed by atoms with Crippen molar-refractivity contribution in [1.29, 1.82) is 0 Å². The number of aromatic amines is 1. The van der Waals surface area contributed by atoms with Crippen LogP contribution in [0.4, 0.5) is 0 Å². The third-order valence-corrected chi connectivity index (χ3v) is 6.44. The number of nitrogens with zero attached hydrogens (tertiary/aromatic N) is 1. The Kier molecular flexibility index (Phi) is 3.71. The van der Waals surface area contributed by atoms with Crippen LogP contribution in [0.25, 0.3) is 43.6 Å². The van der Waals surface area contributed by atoms with Gasteiger partial charge < -0.3 is 4.98 Å². The molecule has 5 aromatic rings. The normalized spacial score (nSPS) is 12.4. The first-order chi connectivity index (χ1) is 14.2. The molecule has 0 unspecified atom stereocenters. The minimum Gasteiger partial charge on any atom is -0.354 e. The summed E-state index contributed by atoms with van der Waals surface area (Å²) in [6, 6.07) is 13.2. The quantitative estimate of drug-likeness (QED) is 0.319. The number of nitrogens with one attached hydrogen (secondary N) is 1. The van der Waals surface area contributed by atoms with Crippen LogP contribution in [0.15, 0.2) is 58.1 Å². The molecule has 2 heterocycles. The summed E-state index contributed by atoms with van der Waals surface area (Å²) < 4.78 is 35.6. The molecule has 0 amide bonds. The van der Waals surface area contributed by atoms with Gasteiger partial charge in [-0.3, -0.25) is 14.1 Å². The average molecular weight is 420 g/mol. The van der Waals surface area contributed by atoms with Crippen molar-refractivity contribution in [2.45, 2.75) is 13.8 Å². The van der Waals surface area contributed by atoms with E-state index in [2.05, 4.69) is 4.98 Å². The fourth-order valence-electron chi connectivity index (χ4n) is 4.26. The Bertz CT molecular complexity index is 1780. The summed E-state index contributed by atoms with van der Waals surface area (Å²) in [6.07, 6.45) is 0. The molecule has 3 aromatic carbocycles. The molecule has 0 atom stereocenters. The highest BCUT2D eigenvalue weighted by Crippen LogP contribution is 2.29. The second-order valence-electron chi connectivity index (χ2n) is 7.36. The number of fused-ring (bicyclic) bond motifs is 4. The van der Waals surface area contributed by atoms with E-state index in [1.807, 2.05) is 0 Å². The smallest absolute Gasteiger partial charge is 0.354 e. The van der Waals surface area contributed by atoms with Gasteiger partial charge in [0, 0.05) is 21.7 Å². The van der Waals surface area contributed by atoms with Crippen molar-refractivity contribution in [1.82, 2.24) is 8.96 Å². The van der Waals surface area contributed by atoms with Crippen molar-refractivity contribution in [3.63, 3.8) is 0 Å². The molecule has 8 heteroatoms. The van der Waals surface area contributed by atoms with Gasteiger partial charge in [0.1, 0.15) is 0 Å². The second-order valence-corrected chi connectivity index (χ2v) is 8.62. The number of benzene rings is 3. The molecule has 0 aliphatic heterocycles. The summed E-state index contributed by atoms with van der Waals surface area (Å²) in [7, 11) is -4.77. The van der Waals surface area contributed by atoms with Crippen LogP contribution in [0.3, 0.4) is 0 Å². The van der Waals surface area contributed by atoms with Gasteiger partial charge in [0.25, 0.3) is 0 Å². The van der Waals surface area contributed by atoms with Crippen LogP contribution >= 0.6 is 0 Å². The number of hydrogen-bond acceptors (Lipinski definition) is 4. The van der Waals surface area contributed by atoms with E-state index in [0.717, 1.165) is 3.97 Å². The van der Waals surface area contributed by atoms with E-state index in [1.54, 1.807) is 50.2 Å². The first kappa shape index (κ1) is 18.5. The molecule has 2 N–H and O–H groups in total. The summed E-state index contributed by atoms with van der Waals surface area (Å²) in [5.41, 5.74) is 1.43. The topological polar surface area (TPSA) is 109 Å². The summed E-state index contributed by atoms with van der Waals surface area (Å²) >= 11 is 0. The van der Waals surface area contributed by atoms with Crippen LogP contribution in [0.5, 0.6) is 0 Å². The van der Waals surface area contributed by atoms with Gasteiger partial charge in [0.15, 0.2) is 10.9 Å². The largest absolute Gasteiger partial charge is 0.364 e. The van der Waals surface area contributed by atoms with Crippen molar-refractivity contribution >= 4 is 53.9 Å². The molecule has 0 radical (unpaired) electrons. The van der Waals surface area contributed by atoms with E-state index in [4.69, 9.17) is 0 Å². The molecule has 150 valence electrons. The minimum absolute atomic E-state index is 0.0323. The van der Waals surface area contributed by atoms with Gasteiger partial charge in [-0.15, -0.1) is 0 Å². The Balaban J connectivity index is 2.21. The van der Waals surface area contributed by atoms with Gasteiger partial charge in [-0.25, -0.2) is 3.97 Å². The van der Waals surface area contributed by atoms with Crippen molar-refractivity contribution < 1.29 is 13.0 Å². The lowest BCUT2D eigenvalue weighted by molar-refractivity contribution is 0.476. The standard InChI is InChI=1S/C22H16N2O5S/c1-11-6-5-8-14-20(11)24(30(27,28)29)17-10-15-19(12(2)18(17)22(14)26)23-16-9-4-3-7-13(16)21(15)25/h3-10H,1-2H3,(H,23,25)(H,27,28,29). The highest BCUT2D eigenvalue weighted by atomic mass is 32.2. The van der Waals surface area contributed by atoms with E-state index >= 15 is 0 Å². The predicted molar refractivity (Wildman–Crippen MR) is 118 cm³/mol.